The lowest BCUT2D eigenvalue weighted by atomic mass is 10.0. The molecule has 1 aromatic carbocycles. The molecule has 0 saturated carbocycles. The molecule has 4 heteroatoms. The molecule has 0 fully saturated rings. The molecule has 0 heterocycles. The number of rotatable bonds is 5. The summed E-state index contributed by atoms with van der Waals surface area (Å²) in [6, 6.07) is 5.44. The molecule has 0 radical (unpaired) electrons. The number of aryl methyl sites for hydroxylation is 2. The summed E-state index contributed by atoms with van der Waals surface area (Å²) in [5.41, 5.74) is 9.18. The molecule has 1 aromatic rings. The summed E-state index contributed by atoms with van der Waals surface area (Å²) >= 11 is 0. The third-order valence-corrected chi connectivity index (χ3v) is 4.80. The topological polar surface area (TPSA) is 60.2 Å². The fourth-order valence-electron chi connectivity index (χ4n) is 1.76. The largest absolute Gasteiger partial charge is 0.323 e. The molecule has 0 aromatic heterocycles. The van der Waals surface area contributed by atoms with Crippen LogP contribution >= 0.6 is 0 Å². The van der Waals surface area contributed by atoms with Gasteiger partial charge in [-0.1, -0.05) is 25.1 Å². The molecule has 0 bridgehead atoms. The molecule has 3 nitrogen and oxygen atoms in total. The normalized spacial score (nSPS) is 13.6. The molecular weight excluding hydrogens is 234 g/mol. The summed E-state index contributed by atoms with van der Waals surface area (Å²) in [4.78, 5) is 0. The van der Waals surface area contributed by atoms with E-state index in [1.54, 1.807) is 0 Å². The van der Waals surface area contributed by atoms with E-state index in [-0.39, 0.29) is 11.5 Å². The Morgan fingerprint density at radius 2 is 1.88 bits per heavy atom. The second-order valence-electron chi connectivity index (χ2n) is 4.56. The summed E-state index contributed by atoms with van der Waals surface area (Å²) < 4.78 is 23.4. The molecule has 0 aliphatic heterocycles. The van der Waals surface area contributed by atoms with Gasteiger partial charge in [0.05, 0.1) is 5.75 Å². The molecule has 0 aliphatic rings. The van der Waals surface area contributed by atoms with Crippen molar-refractivity contribution < 1.29 is 8.42 Å². The lowest BCUT2D eigenvalue weighted by Gasteiger charge is -2.13. The minimum atomic E-state index is -3.03. The molecule has 17 heavy (non-hydrogen) atoms. The Bertz CT molecular complexity index is 480. The number of hydrogen-bond acceptors (Lipinski definition) is 3. The maximum absolute atomic E-state index is 11.7. The average molecular weight is 255 g/mol. The number of nitrogens with two attached hydrogens (primary N) is 1. The van der Waals surface area contributed by atoms with E-state index < -0.39 is 15.9 Å². The number of hydrogen-bond donors (Lipinski definition) is 1. The number of benzene rings is 1. The Balaban J connectivity index is 2.83. The van der Waals surface area contributed by atoms with Crippen molar-refractivity contribution in [2.45, 2.75) is 33.2 Å². The highest BCUT2D eigenvalue weighted by atomic mass is 32.2. The number of sulfone groups is 1. The zero-order chi connectivity index (χ0) is 13.1. The van der Waals surface area contributed by atoms with Crippen molar-refractivity contribution in [1.82, 2.24) is 0 Å². The first-order valence-corrected chi connectivity index (χ1v) is 7.71. The highest BCUT2D eigenvalue weighted by Gasteiger charge is 2.16. The Morgan fingerprint density at radius 3 is 2.41 bits per heavy atom. The quantitative estimate of drug-likeness (QED) is 0.876. The van der Waals surface area contributed by atoms with Gasteiger partial charge in [-0.05, 0) is 37.0 Å². The Labute approximate surface area is 104 Å². The van der Waals surface area contributed by atoms with E-state index in [1.807, 2.05) is 39.0 Å². The van der Waals surface area contributed by atoms with Gasteiger partial charge in [0.15, 0.2) is 9.84 Å². The van der Waals surface area contributed by atoms with E-state index in [2.05, 4.69) is 0 Å². The molecule has 0 amide bonds. The van der Waals surface area contributed by atoms with Gasteiger partial charge in [-0.3, -0.25) is 0 Å². The van der Waals surface area contributed by atoms with Gasteiger partial charge in [0.2, 0.25) is 0 Å². The van der Waals surface area contributed by atoms with E-state index in [9.17, 15) is 8.42 Å². The van der Waals surface area contributed by atoms with Crippen molar-refractivity contribution in [1.29, 1.82) is 0 Å². The summed E-state index contributed by atoms with van der Waals surface area (Å²) in [5, 5.41) is 0. The smallest absolute Gasteiger partial charge is 0.152 e. The van der Waals surface area contributed by atoms with E-state index in [1.165, 1.54) is 5.56 Å². The van der Waals surface area contributed by atoms with Crippen LogP contribution in [-0.2, 0) is 9.84 Å². The fourth-order valence-corrected chi connectivity index (χ4v) is 3.29. The molecule has 0 spiro atoms. The molecule has 96 valence electrons. The van der Waals surface area contributed by atoms with Crippen LogP contribution in [0.5, 0.6) is 0 Å². The first-order chi connectivity index (χ1) is 7.85. The first-order valence-electron chi connectivity index (χ1n) is 5.89. The predicted octanol–water partition coefficient (Wildman–Crippen LogP) is 2.13. The van der Waals surface area contributed by atoms with Gasteiger partial charge in [-0.25, -0.2) is 8.42 Å². The predicted molar refractivity (Wildman–Crippen MR) is 71.8 cm³/mol. The third kappa shape index (κ3) is 4.13. The average Bonchev–Trinajstić information content (AvgIpc) is 2.21. The molecule has 0 saturated heterocycles. The van der Waals surface area contributed by atoms with Crippen LogP contribution < -0.4 is 5.73 Å². The van der Waals surface area contributed by atoms with Gasteiger partial charge in [-0.15, -0.1) is 0 Å². The maximum Gasteiger partial charge on any atom is 0.152 e. The first kappa shape index (κ1) is 14.2. The van der Waals surface area contributed by atoms with Crippen LogP contribution in [0.2, 0.25) is 0 Å². The summed E-state index contributed by atoms with van der Waals surface area (Å²) in [5.74, 6) is 0.245. The molecule has 1 atom stereocenters. The monoisotopic (exact) mass is 255 g/mol. The van der Waals surface area contributed by atoms with Gasteiger partial charge in [0.1, 0.15) is 0 Å². The standard InChI is InChI=1S/C13H21NO2S/c1-4-7-17(15,16)9-13(14)12-6-5-10(2)11(3)8-12/h5-6,8,13H,4,7,9,14H2,1-3H3. The van der Waals surface area contributed by atoms with Crippen molar-refractivity contribution in [2.75, 3.05) is 11.5 Å². The lowest BCUT2D eigenvalue weighted by molar-refractivity contribution is 0.587. The second kappa shape index (κ2) is 5.65. The van der Waals surface area contributed by atoms with Crippen molar-refractivity contribution in [2.24, 2.45) is 5.73 Å². The van der Waals surface area contributed by atoms with E-state index >= 15 is 0 Å². The van der Waals surface area contributed by atoms with Crippen molar-refractivity contribution >= 4 is 9.84 Å². The van der Waals surface area contributed by atoms with Gasteiger partial charge in [0.25, 0.3) is 0 Å². The van der Waals surface area contributed by atoms with Crippen LogP contribution in [0.4, 0.5) is 0 Å². The van der Waals surface area contributed by atoms with Gasteiger partial charge >= 0.3 is 0 Å². The molecule has 1 unspecified atom stereocenters. The third-order valence-electron chi connectivity index (χ3n) is 2.91. The van der Waals surface area contributed by atoms with Crippen molar-refractivity contribution in [3.05, 3.63) is 34.9 Å². The van der Waals surface area contributed by atoms with Crippen molar-refractivity contribution in [3.8, 4) is 0 Å². The highest BCUT2D eigenvalue weighted by Crippen LogP contribution is 2.17. The minimum absolute atomic E-state index is 0.0311. The maximum atomic E-state index is 11.7. The van der Waals surface area contributed by atoms with Crippen LogP contribution in [0.1, 0.15) is 36.1 Å². The molecular formula is C13H21NO2S. The minimum Gasteiger partial charge on any atom is -0.323 e. The molecule has 1 rings (SSSR count). The van der Waals surface area contributed by atoms with Gasteiger partial charge in [0, 0.05) is 11.8 Å². The second-order valence-corrected chi connectivity index (χ2v) is 6.79. The summed E-state index contributed by atoms with van der Waals surface area (Å²) in [6.07, 6.45) is 0.641. The fraction of sp³-hybridized carbons (Fsp3) is 0.538. The van der Waals surface area contributed by atoms with Crippen LogP contribution in [0, 0.1) is 13.8 Å². The highest BCUT2D eigenvalue weighted by molar-refractivity contribution is 7.91. The Morgan fingerprint density at radius 1 is 1.24 bits per heavy atom. The van der Waals surface area contributed by atoms with Crippen LogP contribution in [-0.4, -0.2) is 19.9 Å². The van der Waals surface area contributed by atoms with Gasteiger partial charge < -0.3 is 5.73 Å². The van der Waals surface area contributed by atoms with Gasteiger partial charge in [-0.2, -0.15) is 0 Å². The Kier molecular flexibility index (Phi) is 4.71. The lowest BCUT2D eigenvalue weighted by Crippen LogP contribution is -2.23. The van der Waals surface area contributed by atoms with Crippen molar-refractivity contribution in [3.63, 3.8) is 0 Å². The van der Waals surface area contributed by atoms with E-state index in [0.717, 1.165) is 11.1 Å². The molecule has 0 aliphatic carbocycles. The zero-order valence-corrected chi connectivity index (χ0v) is 11.5. The summed E-state index contributed by atoms with van der Waals surface area (Å²) in [6.45, 7) is 5.89. The van der Waals surface area contributed by atoms with E-state index in [4.69, 9.17) is 5.73 Å². The Hall–Kier alpha value is -0.870. The zero-order valence-electron chi connectivity index (χ0n) is 10.7. The SMILES string of the molecule is CCCS(=O)(=O)CC(N)c1ccc(C)c(C)c1. The summed E-state index contributed by atoms with van der Waals surface area (Å²) in [7, 11) is -3.03. The van der Waals surface area contributed by atoms with Crippen LogP contribution in [0.3, 0.4) is 0 Å². The van der Waals surface area contributed by atoms with Crippen LogP contribution in [0.25, 0.3) is 0 Å². The van der Waals surface area contributed by atoms with Crippen LogP contribution in [0.15, 0.2) is 18.2 Å². The molecule has 2 N–H and O–H groups in total. The van der Waals surface area contributed by atoms with E-state index in [0.29, 0.717) is 6.42 Å².